The average Bonchev–Trinajstić information content (AvgIpc) is 2.54. The summed E-state index contributed by atoms with van der Waals surface area (Å²) in [5.41, 5.74) is 10.7. The van der Waals surface area contributed by atoms with Crippen molar-refractivity contribution in [2.75, 3.05) is 19.6 Å². The standard InChI is InChI=1S/C18H30N2/c1-14-6-7-16(15(2)12-14)17(13-19)20-10-5-8-18(3,4)9-11-20/h6-7,12,17H,5,8-11,13,19H2,1-4H3. The number of benzene rings is 1. The summed E-state index contributed by atoms with van der Waals surface area (Å²) < 4.78 is 0. The van der Waals surface area contributed by atoms with Crippen molar-refractivity contribution in [2.24, 2.45) is 11.1 Å². The lowest BCUT2D eigenvalue weighted by Crippen LogP contribution is -2.35. The Morgan fingerprint density at radius 1 is 1.20 bits per heavy atom. The third kappa shape index (κ3) is 3.62. The van der Waals surface area contributed by atoms with Gasteiger partial charge in [0.25, 0.3) is 0 Å². The van der Waals surface area contributed by atoms with Gasteiger partial charge in [0.05, 0.1) is 0 Å². The molecule has 0 saturated carbocycles. The molecule has 1 aromatic carbocycles. The highest BCUT2D eigenvalue weighted by molar-refractivity contribution is 5.33. The number of nitrogens with zero attached hydrogens (tertiary/aromatic N) is 1. The Kier molecular flexibility index (Phi) is 4.87. The van der Waals surface area contributed by atoms with Crippen LogP contribution < -0.4 is 5.73 Å². The van der Waals surface area contributed by atoms with Gasteiger partial charge in [0, 0.05) is 12.6 Å². The van der Waals surface area contributed by atoms with Crippen LogP contribution >= 0.6 is 0 Å². The third-order valence-electron chi connectivity index (χ3n) is 4.82. The molecule has 0 spiro atoms. The molecular weight excluding hydrogens is 244 g/mol. The zero-order valence-electron chi connectivity index (χ0n) is 13.6. The average molecular weight is 274 g/mol. The van der Waals surface area contributed by atoms with Crippen LogP contribution in [0.3, 0.4) is 0 Å². The van der Waals surface area contributed by atoms with E-state index in [2.05, 4.69) is 50.8 Å². The largest absolute Gasteiger partial charge is 0.329 e. The predicted molar refractivity (Wildman–Crippen MR) is 86.9 cm³/mol. The number of nitrogens with two attached hydrogens (primary N) is 1. The molecule has 1 atom stereocenters. The van der Waals surface area contributed by atoms with Crippen LogP contribution in [-0.2, 0) is 0 Å². The van der Waals surface area contributed by atoms with Gasteiger partial charge in [-0.25, -0.2) is 0 Å². The van der Waals surface area contributed by atoms with Crippen molar-refractivity contribution in [1.29, 1.82) is 0 Å². The summed E-state index contributed by atoms with van der Waals surface area (Å²) in [4.78, 5) is 2.60. The molecular formula is C18H30N2. The van der Waals surface area contributed by atoms with Gasteiger partial charge in [-0.2, -0.15) is 0 Å². The highest BCUT2D eigenvalue weighted by Crippen LogP contribution is 2.33. The lowest BCUT2D eigenvalue weighted by Gasteiger charge is -2.32. The van der Waals surface area contributed by atoms with Crippen LogP contribution in [0.1, 0.15) is 55.8 Å². The fourth-order valence-corrected chi connectivity index (χ4v) is 3.43. The second-order valence-electron chi connectivity index (χ2n) is 7.17. The number of aryl methyl sites for hydroxylation is 2. The molecule has 1 aromatic rings. The van der Waals surface area contributed by atoms with Gasteiger partial charge >= 0.3 is 0 Å². The fourth-order valence-electron chi connectivity index (χ4n) is 3.43. The number of hydrogen-bond donors (Lipinski definition) is 1. The van der Waals surface area contributed by atoms with Crippen LogP contribution in [0, 0.1) is 19.3 Å². The van der Waals surface area contributed by atoms with E-state index in [0.29, 0.717) is 18.0 Å². The van der Waals surface area contributed by atoms with Crippen LogP contribution in [-0.4, -0.2) is 24.5 Å². The number of likely N-dealkylation sites (tertiary alicyclic amines) is 1. The minimum Gasteiger partial charge on any atom is -0.329 e. The molecule has 0 aromatic heterocycles. The Labute approximate surface area is 124 Å². The van der Waals surface area contributed by atoms with E-state index < -0.39 is 0 Å². The first-order valence-corrected chi connectivity index (χ1v) is 7.94. The van der Waals surface area contributed by atoms with Crippen LogP contribution in [0.5, 0.6) is 0 Å². The lowest BCUT2D eigenvalue weighted by atomic mass is 9.85. The molecule has 1 aliphatic heterocycles. The summed E-state index contributed by atoms with van der Waals surface area (Å²) >= 11 is 0. The molecule has 1 aliphatic rings. The molecule has 0 amide bonds. The van der Waals surface area contributed by atoms with Crippen molar-refractivity contribution >= 4 is 0 Å². The van der Waals surface area contributed by atoms with E-state index in [9.17, 15) is 0 Å². The van der Waals surface area contributed by atoms with Gasteiger partial charge in [-0.15, -0.1) is 0 Å². The van der Waals surface area contributed by atoms with Crippen molar-refractivity contribution in [3.63, 3.8) is 0 Å². The maximum atomic E-state index is 6.12. The Balaban J connectivity index is 2.19. The number of rotatable bonds is 3. The molecule has 0 aliphatic carbocycles. The third-order valence-corrected chi connectivity index (χ3v) is 4.82. The smallest absolute Gasteiger partial charge is 0.0473 e. The second kappa shape index (κ2) is 6.28. The molecule has 1 saturated heterocycles. The molecule has 2 rings (SSSR count). The monoisotopic (exact) mass is 274 g/mol. The Morgan fingerprint density at radius 3 is 2.60 bits per heavy atom. The molecule has 20 heavy (non-hydrogen) atoms. The zero-order chi connectivity index (χ0) is 14.8. The fraction of sp³-hybridized carbons (Fsp3) is 0.667. The second-order valence-corrected chi connectivity index (χ2v) is 7.17. The van der Waals surface area contributed by atoms with E-state index in [1.54, 1.807) is 0 Å². The Hall–Kier alpha value is -0.860. The summed E-state index contributed by atoms with van der Waals surface area (Å²) in [5, 5.41) is 0. The maximum Gasteiger partial charge on any atom is 0.0473 e. The summed E-state index contributed by atoms with van der Waals surface area (Å²) in [7, 11) is 0. The maximum absolute atomic E-state index is 6.12. The van der Waals surface area contributed by atoms with Crippen LogP contribution in [0.4, 0.5) is 0 Å². The highest BCUT2D eigenvalue weighted by atomic mass is 15.2. The Morgan fingerprint density at radius 2 is 1.95 bits per heavy atom. The summed E-state index contributed by atoms with van der Waals surface area (Å²) in [6, 6.07) is 7.15. The first kappa shape index (κ1) is 15.5. The van der Waals surface area contributed by atoms with E-state index in [1.165, 1.54) is 49.0 Å². The molecule has 112 valence electrons. The number of hydrogen-bond acceptors (Lipinski definition) is 2. The normalized spacial score (nSPS) is 21.4. The van der Waals surface area contributed by atoms with Crippen molar-refractivity contribution in [3.05, 3.63) is 34.9 Å². The quantitative estimate of drug-likeness (QED) is 0.908. The van der Waals surface area contributed by atoms with Gasteiger partial charge in [-0.05, 0) is 62.7 Å². The summed E-state index contributed by atoms with van der Waals surface area (Å²) in [6.07, 6.45) is 3.89. The molecule has 1 fully saturated rings. The van der Waals surface area contributed by atoms with E-state index in [4.69, 9.17) is 5.73 Å². The van der Waals surface area contributed by atoms with Crippen molar-refractivity contribution in [3.8, 4) is 0 Å². The van der Waals surface area contributed by atoms with Gasteiger partial charge in [0.15, 0.2) is 0 Å². The predicted octanol–water partition coefficient (Wildman–Crippen LogP) is 3.82. The molecule has 2 N–H and O–H groups in total. The van der Waals surface area contributed by atoms with Crippen LogP contribution in [0.15, 0.2) is 18.2 Å². The zero-order valence-corrected chi connectivity index (χ0v) is 13.6. The molecule has 0 radical (unpaired) electrons. The molecule has 1 unspecified atom stereocenters. The molecule has 0 bridgehead atoms. The molecule has 1 heterocycles. The summed E-state index contributed by atoms with van der Waals surface area (Å²) in [6.45, 7) is 12.2. The minimum absolute atomic E-state index is 0.379. The topological polar surface area (TPSA) is 29.3 Å². The first-order chi connectivity index (χ1) is 9.43. The van der Waals surface area contributed by atoms with Crippen molar-refractivity contribution in [1.82, 2.24) is 4.90 Å². The van der Waals surface area contributed by atoms with Crippen LogP contribution in [0.25, 0.3) is 0 Å². The van der Waals surface area contributed by atoms with E-state index in [-0.39, 0.29) is 0 Å². The SMILES string of the molecule is Cc1ccc(C(CN)N2CCCC(C)(C)CC2)c(C)c1. The van der Waals surface area contributed by atoms with Gasteiger partial charge < -0.3 is 5.73 Å². The molecule has 2 nitrogen and oxygen atoms in total. The van der Waals surface area contributed by atoms with Gasteiger partial charge in [0.2, 0.25) is 0 Å². The van der Waals surface area contributed by atoms with E-state index >= 15 is 0 Å². The van der Waals surface area contributed by atoms with Crippen LogP contribution in [0.2, 0.25) is 0 Å². The van der Waals surface area contributed by atoms with Crippen molar-refractivity contribution < 1.29 is 0 Å². The van der Waals surface area contributed by atoms with E-state index in [1.807, 2.05) is 0 Å². The molecule has 2 heteroatoms. The lowest BCUT2D eigenvalue weighted by molar-refractivity contribution is 0.199. The Bertz CT molecular complexity index is 451. The highest BCUT2D eigenvalue weighted by Gasteiger charge is 2.27. The first-order valence-electron chi connectivity index (χ1n) is 7.94. The van der Waals surface area contributed by atoms with Gasteiger partial charge in [-0.1, -0.05) is 37.6 Å². The van der Waals surface area contributed by atoms with Gasteiger partial charge in [0.1, 0.15) is 0 Å². The summed E-state index contributed by atoms with van der Waals surface area (Å²) in [5.74, 6) is 0. The van der Waals surface area contributed by atoms with Crippen molar-refractivity contribution in [2.45, 2.75) is 53.0 Å². The van der Waals surface area contributed by atoms with E-state index in [0.717, 1.165) is 0 Å². The van der Waals surface area contributed by atoms with Gasteiger partial charge in [-0.3, -0.25) is 4.90 Å². The minimum atomic E-state index is 0.379.